The number of anilines is 1. The SMILES string of the molecule is CCCC(CCO)CNC(=O)Nc1cc(F)c(OC)c(F)c1. The van der Waals surface area contributed by atoms with Crippen molar-refractivity contribution < 1.29 is 23.4 Å². The largest absolute Gasteiger partial charge is 0.491 e. The Morgan fingerprint density at radius 2 is 1.95 bits per heavy atom. The summed E-state index contributed by atoms with van der Waals surface area (Å²) in [7, 11) is 1.16. The number of rotatable bonds is 8. The standard InChI is InChI=1S/C15H22F2N2O3/c1-3-4-10(5-6-20)9-18-15(21)19-11-7-12(16)14(22-2)13(17)8-11/h7-8,10,20H,3-6,9H2,1-2H3,(H2,18,19,21). The number of hydrogen-bond donors (Lipinski definition) is 3. The van der Waals surface area contributed by atoms with Gasteiger partial charge in [0.15, 0.2) is 17.4 Å². The molecule has 0 aliphatic carbocycles. The molecule has 0 heterocycles. The molecule has 0 aliphatic heterocycles. The molecule has 0 saturated carbocycles. The van der Waals surface area contributed by atoms with Crippen molar-refractivity contribution in [2.24, 2.45) is 5.92 Å². The van der Waals surface area contributed by atoms with Crippen LogP contribution in [0.4, 0.5) is 19.3 Å². The minimum absolute atomic E-state index is 0.00231. The second-order valence-electron chi connectivity index (χ2n) is 4.98. The molecule has 0 radical (unpaired) electrons. The fourth-order valence-electron chi connectivity index (χ4n) is 2.18. The third-order valence-electron chi connectivity index (χ3n) is 3.25. The molecule has 22 heavy (non-hydrogen) atoms. The number of methoxy groups -OCH3 is 1. The van der Waals surface area contributed by atoms with Gasteiger partial charge in [-0.1, -0.05) is 13.3 Å². The predicted molar refractivity (Wildman–Crippen MR) is 80.0 cm³/mol. The molecule has 0 saturated heterocycles. The number of urea groups is 1. The zero-order valence-electron chi connectivity index (χ0n) is 12.8. The number of ether oxygens (including phenoxy) is 1. The summed E-state index contributed by atoms with van der Waals surface area (Å²) in [6, 6.07) is 1.42. The molecule has 0 aromatic heterocycles. The van der Waals surface area contributed by atoms with Crippen LogP contribution >= 0.6 is 0 Å². The lowest BCUT2D eigenvalue weighted by molar-refractivity contribution is 0.236. The van der Waals surface area contributed by atoms with Crippen LogP contribution in [0.3, 0.4) is 0 Å². The van der Waals surface area contributed by atoms with E-state index in [1.165, 1.54) is 0 Å². The highest BCUT2D eigenvalue weighted by molar-refractivity contribution is 5.89. The summed E-state index contributed by atoms with van der Waals surface area (Å²) in [5.74, 6) is -2.09. The Morgan fingerprint density at radius 1 is 1.32 bits per heavy atom. The smallest absolute Gasteiger partial charge is 0.319 e. The zero-order chi connectivity index (χ0) is 16.5. The Bertz CT molecular complexity index is 469. The number of halogens is 2. The topological polar surface area (TPSA) is 70.6 Å². The summed E-state index contributed by atoms with van der Waals surface area (Å²) < 4.78 is 31.6. The maximum absolute atomic E-state index is 13.5. The summed E-state index contributed by atoms with van der Waals surface area (Å²) in [5, 5.41) is 13.9. The van der Waals surface area contributed by atoms with E-state index in [9.17, 15) is 13.6 Å². The van der Waals surface area contributed by atoms with Crippen LogP contribution in [-0.4, -0.2) is 31.4 Å². The zero-order valence-corrected chi connectivity index (χ0v) is 12.8. The molecule has 0 fully saturated rings. The van der Waals surface area contributed by atoms with E-state index in [-0.39, 0.29) is 18.2 Å². The molecule has 0 aliphatic rings. The molecule has 1 atom stereocenters. The van der Waals surface area contributed by atoms with Crippen molar-refractivity contribution >= 4 is 11.7 Å². The van der Waals surface area contributed by atoms with E-state index in [0.717, 1.165) is 32.1 Å². The number of aliphatic hydroxyl groups is 1. The molecule has 0 bridgehead atoms. The number of aliphatic hydroxyl groups excluding tert-OH is 1. The van der Waals surface area contributed by atoms with Crippen molar-refractivity contribution in [3.8, 4) is 5.75 Å². The number of nitrogens with one attached hydrogen (secondary N) is 2. The lowest BCUT2D eigenvalue weighted by Gasteiger charge is -2.16. The molecule has 1 aromatic rings. The number of amides is 2. The molecule has 5 nitrogen and oxygen atoms in total. The van der Waals surface area contributed by atoms with E-state index >= 15 is 0 Å². The van der Waals surface area contributed by atoms with Crippen molar-refractivity contribution in [2.45, 2.75) is 26.2 Å². The first-order chi connectivity index (χ1) is 10.5. The van der Waals surface area contributed by atoms with E-state index in [4.69, 9.17) is 5.11 Å². The second-order valence-corrected chi connectivity index (χ2v) is 4.98. The first-order valence-corrected chi connectivity index (χ1v) is 7.20. The summed E-state index contributed by atoms with van der Waals surface area (Å²) in [4.78, 5) is 11.7. The summed E-state index contributed by atoms with van der Waals surface area (Å²) >= 11 is 0. The minimum atomic E-state index is -0.887. The molecule has 1 rings (SSSR count). The van der Waals surface area contributed by atoms with Gasteiger partial charge in [0.05, 0.1) is 7.11 Å². The fraction of sp³-hybridized carbons (Fsp3) is 0.533. The van der Waals surface area contributed by atoms with Gasteiger partial charge in [-0.3, -0.25) is 0 Å². The minimum Gasteiger partial charge on any atom is -0.491 e. The van der Waals surface area contributed by atoms with Gasteiger partial charge in [-0.25, -0.2) is 13.6 Å². The Kier molecular flexibility index (Phi) is 7.59. The van der Waals surface area contributed by atoms with Crippen LogP contribution in [0.1, 0.15) is 26.2 Å². The molecule has 124 valence electrons. The van der Waals surface area contributed by atoms with Crippen LogP contribution in [0.5, 0.6) is 5.75 Å². The van der Waals surface area contributed by atoms with Gasteiger partial charge in [0, 0.05) is 31.0 Å². The third kappa shape index (κ3) is 5.48. The Balaban J connectivity index is 2.58. The van der Waals surface area contributed by atoms with Gasteiger partial charge >= 0.3 is 6.03 Å². The number of carbonyl (C=O) groups excluding carboxylic acids is 1. The highest BCUT2D eigenvalue weighted by Gasteiger charge is 2.14. The Labute approximate surface area is 128 Å². The van der Waals surface area contributed by atoms with Crippen LogP contribution in [0.25, 0.3) is 0 Å². The maximum Gasteiger partial charge on any atom is 0.319 e. The molecule has 0 spiro atoms. The first-order valence-electron chi connectivity index (χ1n) is 7.20. The van der Waals surface area contributed by atoms with Crippen molar-refractivity contribution in [1.29, 1.82) is 0 Å². The lowest BCUT2D eigenvalue weighted by atomic mass is 10.0. The maximum atomic E-state index is 13.5. The van der Waals surface area contributed by atoms with E-state index < -0.39 is 23.4 Å². The second kappa shape index (κ2) is 9.19. The van der Waals surface area contributed by atoms with Crippen molar-refractivity contribution in [3.05, 3.63) is 23.8 Å². The fourth-order valence-corrected chi connectivity index (χ4v) is 2.18. The normalized spacial score (nSPS) is 11.9. The first kappa shape index (κ1) is 18.2. The summed E-state index contributed by atoms with van der Waals surface area (Å²) in [5.41, 5.74) is 0.00231. The highest BCUT2D eigenvalue weighted by Crippen LogP contribution is 2.25. The quantitative estimate of drug-likeness (QED) is 0.690. The Morgan fingerprint density at radius 3 is 2.45 bits per heavy atom. The lowest BCUT2D eigenvalue weighted by Crippen LogP contribution is -2.33. The van der Waals surface area contributed by atoms with E-state index in [1.54, 1.807) is 0 Å². The van der Waals surface area contributed by atoms with Gasteiger partial charge in [-0.15, -0.1) is 0 Å². The van der Waals surface area contributed by atoms with E-state index in [2.05, 4.69) is 15.4 Å². The van der Waals surface area contributed by atoms with Crippen LogP contribution in [0.2, 0.25) is 0 Å². The van der Waals surface area contributed by atoms with Crippen LogP contribution in [0, 0.1) is 17.6 Å². The molecular formula is C15H22F2N2O3. The predicted octanol–water partition coefficient (Wildman–Crippen LogP) is 2.89. The number of hydrogen-bond acceptors (Lipinski definition) is 3. The van der Waals surface area contributed by atoms with Crippen LogP contribution < -0.4 is 15.4 Å². The third-order valence-corrected chi connectivity index (χ3v) is 3.25. The molecule has 1 unspecified atom stereocenters. The summed E-state index contributed by atoms with van der Waals surface area (Å²) in [6.07, 6.45) is 2.43. The average molecular weight is 316 g/mol. The molecule has 7 heteroatoms. The van der Waals surface area contributed by atoms with Crippen LogP contribution in [-0.2, 0) is 0 Å². The van der Waals surface area contributed by atoms with Crippen molar-refractivity contribution in [1.82, 2.24) is 5.32 Å². The van der Waals surface area contributed by atoms with Crippen molar-refractivity contribution in [3.63, 3.8) is 0 Å². The van der Waals surface area contributed by atoms with Crippen molar-refractivity contribution in [2.75, 3.05) is 25.6 Å². The molecular weight excluding hydrogens is 294 g/mol. The van der Waals surface area contributed by atoms with E-state index in [0.29, 0.717) is 13.0 Å². The monoisotopic (exact) mass is 316 g/mol. The molecule has 1 aromatic carbocycles. The number of benzene rings is 1. The van der Waals surface area contributed by atoms with Gasteiger partial charge in [0.1, 0.15) is 0 Å². The van der Waals surface area contributed by atoms with Gasteiger partial charge in [0.2, 0.25) is 0 Å². The van der Waals surface area contributed by atoms with Gasteiger partial charge in [-0.05, 0) is 18.8 Å². The number of carbonyl (C=O) groups is 1. The van der Waals surface area contributed by atoms with Crippen LogP contribution in [0.15, 0.2) is 12.1 Å². The van der Waals surface area contributed by atoms with Gasteiger partial charge in [0.25, 0.3) is 0 Å². The molecule has 2 amide bonds. The Hall–Kier alpha value is -1.89. The van der Waals surface area contributed by atoms with Gasteiger partial charge < -0.3 is 20.5 Å². The summed E-state index contributed by atoms with van der Waals surface area (Å²) in [6.45, 7) is 2.47. The average Bonchev–Trinajstić information content (AvgIpc) is 2.45. The van der Waals surface area contributed by atoms with E-state index in [1.807, 2.05) is 6.92 Å². The van der Waals surface area contributed by atoms with Gasteiger partial charge in [-0.2, -0.15) is 0 Å². The molecule has 3 N–H and O–H groups in total. The highest BCUT2D eigenvalue weighted by atomic mass is 19.1.